The molecule has 0 aliphatic rings. The number of imide groups is 1. The molecular weight excluding hydrogens is 364 g/mol. The van der Waals surface area contributed by atoms with Crippen molar-refractivity contribution >= 4 is 24.4 Å². The van der Waals surface area contributed by atoms with Gasteiger partial charge in [-0.05, 0) is 48.0 Å². The number of alkyl carbamates (subject to hydrolysis) is 1. The van der Waals surface area contributed by atoms with Crippen molar-refractivity contribution in [1.29, 1.82) is 0 Å². The van der Waals surface area contributed by atoms with Crippen LogP contribution in [0.3, 0.4) is 0 Å². The molecule has 0 saturated heterocycles. The lowest BCUT2D eigenvalue weighted by atomic mass is 9.79. The fraction of sp³-hybridized carbons (Fsp3) is 0.800. The predicted molar refractivity (Wildman–Crippen MR) is 106 cm³/mol. The minimum atomic E-state index is -2.00. The Morgan fingerprint density at radius 2 is 1.36 bits per heavy atom. The number of ether oxygens (including phenoxy) is 2. The van der Waals surface area contributed by atoms with Crippen LogP contribution in [0, 0.1) is 5.41 Å². The molecule has 0 heterocycles. The maximum atomic E-state index is 12.9. The Balaban J connectivity index is 6.39. The summed E-state index contributed by atoms with van der Waals surface area (Å²) >= 11 is 0. The standard InChI is InChI=1S/C20H36N2O6/c1-11-12-14(24)22(16(26)28-19(8,9)10)20(13-23,17(2,3)4)21-15(25)27-18(5,6)7/h13H,11-12H2,1-10H3,(H,21,25)/t20-/m1/s1. The number of hydrogen-bond donors (Lipinski definition) is 1. The lowest BCUT2D eigenvalue weighted by Crippen LogP contribution is -2.72. The number of amides is 3. The molecule has 1 atom stereocenters. The van der Waals surface area contributed by atoms with Gasteiger partial charge in [0.05, 0.1) is 0 Å². The number of carbonyl (C=O) groups excluding carboxylic acids is 4. The Labute approximate surface area is 168 Å². The first-order chi connectivity index (χ1) is 12.4. The van der Waals surface area contributed by atoms with Crippen LogP contribution >= 0.6 is 0 Å². The van der Waals surface area contributed by atoms with Crippen LogP contribution in [0.15, 0.2) is 0 Å². The predicted octanol–water partition coefficient (Wildman–Crippen LogP) is 4.02. The third kappa shape index (κ3) is 7.13. The van der Waals surface area contributed by atoms with E-state index in [1.165, 1.54) is 0 Å². The van der Waals surface area contributed by atoms with Gasteiger partial charge in [0, 0.05) is 11.8 Å². The minimum absolute atomic E-state index is 0.000904. The van der Waals surface area contributed by atoms with Crippen molar-refractivity contribution in [2.45, 2.75) is 98.9 Å². The third-order valence-corrected chi connectivity index (χ3v) is 3.65. The maximum Gasteiger partial charge on any atom is 0.419 e. The second-order valence-electron chi connectivity index (χ2n) is 9.72. The highest BCUT2D eigenvalue weighted by Crippen LogP contribution is 2.34. The van der Waals surface area contributed by atoms with E-state index in [-0.39, 0.29) is 6.42 Å². The minimum Gasteiger partial charge on any atom is -0.444 e. The van der Waals surface area contributed by atoms with Gasteiger partial charge < -0.3 is 9.47 Å². The molecule has 0 unspecified atom stereocenters. The van der Waals surface area contributed by atoms with Crippen molar-refractivity contribution in [3.63, 3.8) is 0 Å². The largest absolute Gasteiger partial charge is 0.444 e. The highest BCUT2D eigenvalue weighted by atomic mass is 16.6. The van der Waals surface area contributed by atoms with Gasteiger partial charge in [0.1, 0.15) is 11.2 Å². The number of nitrogens with zero attached hydrogens (tertiary/aromatic N) is 1. The second-order valence-corrected chi connectivity index (χ2v) is 9.72. The Morgan fingerprint density at radius 3 is 1.68 bits per heavy atom. The zero-order valence-corrected chi connectivity index (χ0v) is 18.9. The van der Waals surface area contributed by atoms with Crippen molar-refractivity contribution in [3.05, 3.63) is 0 Å². The molecule has 3 amide bonds. The second kappa shape index (κ2) is 8.92. The van der Waals surface area contributed by atoms with Crippen molar-refractivity contribution in [2.24, 2.45) is 5.41 Å². The van der Waals surface area contributed by atoms with Crippen LogP contribution in [0.4, 0.5) is 9.59 Å². The molecule has 0 fully saturated rings. The molecule has 1 N–H and O–H groups in total. The van der Waals surface area contributed by atoms with Crippen molar-refractivity contribution in [1.82, 2.24) is 10.2 Å². The van der Waals surface area contributed by atoms with E-state index >= 15 is 0 Å². The van der Waals surface area contributed by atoms with Crippen molar-refractivity contribution < 1.29 is 28.7 Å². The topological polar surface area (TPSA) is 102 Å². The summed E-state index contributed by atoms with van der Waals surface area (Å²) in [5, 5.41) is 2.46. The van der Waals surface area contributed by atoms with Gasteiger partial charge in [-0.2, -0.15) is 0 Å². The summed E-state index contributed by atoms with van der Waals surface area (Å²) in [5.74, 6) is -0.630. The quantitative estimate of drug-likeness (QED) is 0.552. The van der Waals surface area contributed by atoms with E-state index in [9.17, 15) is 19.2 Å². The van der Waals surface area contributed by atoms with Crippen LogP contribution in [0.25, 0.3) is 0 Å². The summed E-state index contributed by atoms with van der Waals surface area (Å²) in [6, 6.07) is 0. The molecule has 0 bridgehead atoms. The highest BCUT2D eigenvalue weighted by Gasteiger charge is 2.54. The Hall–Kier alpha value is -2.12. The van der Waals surface area contributed by atoms with Crippen LogP contribution in [-0.4, -0.2) is 46.1 Å². The molecule has 0 rings (SSSR count). The van der Waals surface area contributed by atoms with Gasteiger partial charge in [0.25, 0.3) is 0 Å². The average Bonchev–Trinajstić information content (AvgIpc) is 2.41. The number of rotatable bonds is 5. The zero-order chi connectivity index (χ0) is 22.6. The van der Waals surface area contributed by atoms with E-state index in [4.69, 9.17) is 9.47 Å². The SMILES string of the molecule is CCCC(=O)N(C(=O)OC(C)(C)C)[C@@](C=O)(NC(=O)OC(C)(C)C)C(C)(C)C. The van der Waals surface area contributed by atoms with E-state index in [1.54, 1.807) is 69.2 Å². The maximum absolute atomic E-state index is 12.9. The summed E-state index contributed by atoms with van der Waals surface area (Å²) in [6.07, 6.45) is -1.10. The summed E-state index contributed by atoms with van der Waals surface area (Å²) < 4.78 is 10.6. The fourth-order valence-electron chi connectivity index (χ4n) is 2.37. The molecule has 8 nitrogen and oxygen atoms in total. The first-order valence-corrected chi connectivity index (χ1v) is 9.43. The summed E-state index contributed by atoms with van der Waals surface area (Å²) in [6.45, 7) is 16.6. The van der Waals surface area contributed by atoms with Crippen LogP contribution in [0.1, 0.15) is 82.1 Å². The van der Waals surface area contributed by atoms with E-state index < -0.39 is 40.4 Å². The Morgan fingerprint density at radius 1 is 0.893 bits per heavy atom. The van der Waals surface area contributed by atoms with Gasteiger partial charge >= 0.3 is 12.2 Å². The van der Waals surface area contributed by atoms with Gasteiger partial charge in [-0.3, -0.25) is 14.9 Å². The molecular formula is C20H36N2O6. The number of carbonyl (C=O) groups is 4. The summed E-state index contributed by atoms with van der Waals surface area (Å²) in [4.78, 5) is 51.3. The van der Waals surface area contributed by atoms with Crippen LogP contribution < -0.4 is 5.32 Å². The van der Waals surface area contributed by atoms with Crippen molar-refractivity contribution in [2.75, 3.05) is 0 Å². The Bertz CT molecular complexity index is 595. The van der Waals surface area contributed by atoms with Gasteiger partial charge in [-0.25, -0.2) is 14.5 Å². The molecule has 8 heteroatoms. The number of nitrogens with one attached hydrogen (secondary N) is 1. The van der Waals surface area contributed by atoms with Crippen molar-refractivity contribution in [3.8, 4) is 0 Å². The molecule has 0 aromatic rings. The fourth-order valence-corrected chi connectivity index (χ4v) is 2.37. The normalized spacial score (nSPS) is 14.5. The number of hydrogen-bond acceptors (Lipinski definition) is 6. The molecule has 28 heavy (non-hydrogen) atoms. The van der Waals surface area contributed by atoms with E-state index in [2.05, 4.69) is 5.32 Å². The van der Waals surface area contributed by atoms with E-state index in [1.807, 2.05) is 0 Å². The molecule has 0 aliphatic heterocycles. The molecule has 0 saturated carbocycles. The lowest BCUT2D eigenvalue weighted by molar-refractivity contribution is -0.149. The molecule has 162 valence electrons. The first kappa shape index (κ1) is 25.9. The molecule has 0 aromatic carbocycles. The lowest BCUT2D eigenvalue weighted by Gasteiger charge is -2.47. The van der Waals surface area contributed by atoms with Crippen LogP contribution in [-0.2, 0) is 19.1 Å². The number of aldehydes is 1. The summed E-state index contributed by atoms with van der Waals surface area (Å²) in [7, 11) is 0. The Kier molecular flexibility index (Phi) is 8.25. The van der Waals surface area contributed by atoms with E-state index in [0.29, 0.717) is 17.6 Å². The third-order valence-electron chi connectivity index (χ3n) is 3.65. The van der Waals surface area contributed by atoms with Gasteiger partial charge in [0.15, 0.2) is 11.9 Å². The smallest absolute Gasteiger partial charge is 0.419 e. The average molecular weight is 401 g/mol. The molecule has 0 aliphatic carbocycles. The molecule has 0 aromatic heterocycles. The summed E-state index contributed by atoms with van der Waals surface area (Å²) in [5.41, 5.74) is -4.78. The first-order valence-electron chi connectivity index (χ1n) is 9.43. The molecule has 0 spiro atoms. The van der Waals surface area contributed by atoms with E-state index in [0.717, 1.165) is 0 Å². The van der Waals surface area contributed by atoms with Gasteiger partial charge in [0.2, 0.25) is 5.91 Å². The molecule has 0 radical (unpaired) electrons. The van der Waals surface area contributed by atoms with Gasteiger partial charge in [-0.1, -0.05) is 27.7 Å². The highest BCUT2D eigenvalue weighted by molar-refractivity contribution is 5.97. The zero-order valence-electron chi connectivity index (χ0n) is 18.9. The van der Waals surface area contributed by atoms with Gasteiger partial charge in [-0.15, -0.1) is 0 Å². The van der Waals surface area contributed by atoms with Crippen LogP contribution in [0.5, 0.6) is 0 Å². The van der Waals surface area contributed by atoms with Crippen LogP contribution in [0.2, 0.25) is 0 Å². The monoisotopic (exact) mass is 400 g/mol.